The molecular formula is C30H36N4O. The first-order valence-electron chi connectivity index (χ1n) is 12.2. The SMILES string of the molecule is CN=C(C)/C(CCCc1c(-c2ccc3nccn3c2)ccc2ccccc12)=C(\N)C(O)C(C)(C)C. The summed E-state index contributed by atoms with van der Waals surface area (Å²) >= 11 is 0. The summed E-state index contributed by atoms with van der Waals surface area (Å²) in [6, 6.07) is 17.2. The van der Waals surface area contributed by atoms with Gasteiger partial charge in [-0.2, -0.15) is 0 Å². The van der Waals surface area contributed by atoms with Crippen molar-refractivity contribution in [1.29, 1.82) is 0 Å². The van der Waals surface area contributed by atoms with E-state index in [1.165, 1.54) is 27.5 Å². The van der Waals surface area contributed by atoms with Gasteiger partial charge in [0, 0.05) is 37.0 Å². The third kappa shape index (κ3) is 5.15. The van der Waals surface area contributed by atoms with Crippen LogP contribution in [0.25, 0.3) is 27.5 Å². The highest BCUT2D eigenvalue weighted by Gasteiger charge is 2.27. The van der Waals surface area contributed by atoms with E-state index in [1.54, 1.807) is 7.05 Å². The van der Waals surface area contributed by atoms with Crippen LogP contribution >= 0.6 is 0 Å². The predicted octanol–water partition coefficient (Wildman–Crippen LogP) is 6.19. The number of aromatic nitrogens is 2. The van der Waals surface area contributed by atoms with E-state index in [1.807, 2.05) is 40.1 Å². The van der Waals surface area contributed by atoms with Crippen molar-refractivity contribution in [2.24, 2.45) is 16.1 Å². The number of aliphatic hydroxyl groups is 1. The molecule has 0 aliphatic carbocycles. The highest BCUT2D eigenvalue weighted by Crippen LogP contribution is 2.33. The topological polar surface area (TPSA) is 75.9 Å². The number of hydrogen-bond acceptors (Lipinski definition) is 4. The van der Waals surface area contributed by atoms with Crippen molar-refractivity contribution < 1.29 is 5.11 Å². The quantitative estimate of drug-likeness (QED) is 0.318. The van der Waals surface area contributed by atoms with E-state index < -0.39 is 6.10 Å². The zero-order valence-corrected chi connectivity index (χ0v) is 21.4. The van der Waals surface area contributed by atoms with E-state index in [2.05, 4.69) is 69.1 Å². The molecule has 3 N–H and O–H groups in total. The largest absolute Gasteiger partial charge is 0.400 e. The van der Waals surface area contributed by atoms with Gasteiger partial charge >= 0.3 is 0 Å². The van der Waals surface area contributed by atoms with Crippen LogP contribution in [-0.2, 0) is 6.42 Å². The van der Waals surface area contributed by atoms with Crippen LogP contribution in [-0.4, -0.2) is 33.4 Å². The number of nitrogens with zero attached hydrogens (tertiary/aromatic N) is 3. The number of pyridine rings is 1. The lowest BCUT2D eigenvalue weighted by atomic mass is 9.84. The number of aryl methyl sites for hydroxylation is 1. The first kappa shape index (κ1) is 24.7. The maximum atomic E-state index is 10.8. The van der Waals surface area contributed by atoms with Crippen molar-refractivity contribution in [1.82, 2.24) is 9.38 Å². The Labute approximate surface area is 208 Å². The van der Waals surface area contributed by atoms with Crippen LogP contribution in [0.1, 0.15) is 46.1 Å². The third-order valence-electron chi connectivity index (χ3n) is 6.83. The molecule has 0 spiro atoms. The van der Waals surface area contributed by atoms with Crippen LogP contribution in [0.4, 0.5) is 0 Å². The summed E-state index contributed by atoms with van der Waals surface area (Å²) in [6.45, 7) is 7.97. The van der Waals surface area contributed by atoms with E-state index in [0.717, 1.165) is 36.2 Å². The first-order valence-corrected chi connectivity index (χ1v) is 12.2. The lowest BCUT2D eigenvalue weighted by molar-refractivity contribution is 0.0928. The number of rotatable bonds is 7. The van der Waals surface area contributed by atoms with Gasteiger partial charge in [0.25, 0.3) is 0 Å². The van der Waals surface area contributed by atoms with Crippen LogP contribution in [0.2, 0.25) is 0 Å². The van der Waals surface area contributed by atoms with Crippen molar-refractivity contribution >= 4 is 22.1 Å². The van der Waals surface area contributed by atoms with Gasteiger partial charge in [-0.05, 0) is 76.8 Å². The molecule has 1 unspecified atom stereocenters. The number of benzene rings is 2. The van der Waals surface area contributed by atoms with Gasteiger partial charge in [-0.3, -0.25) is 4.99 Å². The molecule has 2 aromatic carbocycles. The van der Waals surface area contributed by atoms with Gasteiger partial charge < -0.3 is 15.2 Å². The molecule has 2 aromatic heterocycles. The highest BCUT2D eigenvalue weighted by atomic mass is 16.3. The lowest BCUT2D eigenvalue weighted by Crippen LogP contribution is -2.33. The zero-order chi connectivity index (χ0) is 25.2. The zero-order valence-electron chi connectivity index (χ0n) is 21.4. The number of nitrogens with two attached hydrogens (primary N) is 1. The molecule has 1 atom stereocenters. The van der Waals surface area contributed by atoms with Crippen molar-refractivity contribution in [3.05, 3.63) is 84.0 Å². The second kappa shape index (κ2) is 10.0. The summed E-state index contributed by atoms with van der Waals surface area (Å²) in [7, 11) is 1.78. The molecule has 0 amide bonds. The Balaban J connectivity index is 1.71. The van der Waals surface area contributed by atoms with Gasteiger partial charge in [0.15, 0.2) is 0 Å². The monoisotopic (exact) mass is 468 g/mol. The minimum atomic E-state index is -0.718. The first-order chi connectivity index (χ1) is 16.7. The molecule has 0 aliphatic rings. The second-order valence-electron chi connectivity index (χ2n) is 10.3. The predicted molar refractivity (Wildman–Crippen MR) is 147 cm³/mol. The van der Waals surface area contributed by atoms with Crippen LogP contribution < -0.4 is 5.73 Å². The summed E-state index contributed by atoms with van der Waals surface area (Å²) in [4.78, 5) is 8.78. The normalized spacial score (nSPS) is 14.4. The molecule has 0 saturated heterocycles. The fraction of sp³-hybridized carbons (Fsp3) is 0.333. The minimum Gasteiger partial charge on any atom is -0.400 e. The molecule has 0 radical (unpaired) electrons. The number of aliphatic hydroxyl groups excluding tert-OH is 1. The summed E-state index contributed by atoms with van der Waals surface area (Å²) in [5.41, 5.74) is 13.2. The van der Waals surface area contributed by atoms with Gasteiger partial charge in [0.05, 0.1) is 6.10 Å². The number of aliphatic imine (C=N–C) groups is 1. The van der Waals surface area contributed by atoms with Crippen LogP contribution in [0, 0.1) is 5.41 Å². The molecule has 0 fully saturated rings. The molecule has 4 rings (SSSR count). The van der Waals surface area contributed by atoms with E-state index >= 15 is 0 Å². The van der Waals surface area contributed by atoms with Crippen LogP contribution in [0.15, 0.2) is 83.4 Å². The van der Waals surface area contributed by atoms with Gasteiger partial charge in [0.2, 0.25) is 0 Å². The van der Waals surface area contributed by atoms with Crippen molar-refractivity contribution in [3.63, 3.8) is 0 Å². The van der Waals surface area contributed by atoms with Crippen molar-refractivity contribution in [3.8, 4) is 11.1 Å². The van der Waals surface area contributed by atoms with Crippen LogP contribution in [0.3, 0.4) is 0 Å². The standard InChI is InChI=1S/C30H36N4O/c1-20(32-5)23(28(31)29(35)30(2,3)4)11-8-12-26-24-10-7-6-9-21(24)13-15-25(26)22-14-16-27-33-17-18-34(27)19-22/h6-7,9-10,13-19,29,35H,8,11-12,31H2,1-5H3/b28-23-,32-20?. The summed E-state index contributed by atoms with van der Waals surface area (Å²) in [5.74, 6) is 0. The van der Waals surface area contributed by atoms with Gasteiger partial charge in [-0.1, -0.05) is 57.2 Å². The molecule has 0 aliphatic heterocycles. The number of hydrogen-bond donors (Lipinski definition) is 2. The number of allylic oxidation sites excluding steroid dienone is 1. The molecular weight excluding hydrogens is 432 g/mol. The van der Waals surface area contributed by atoms with E-state index in [9.17, 15) is 5.11 Å². The molecule has 4 aromatic rings. The average Bonchev–Trinajstić information content (AvgIpc) is 3.32. The molecule has 0 saturated carbocycles. The maximum Gasteiger partial charge on any atom is 0.136 e. The van der Waals surface area contributed by atoms with Crippen molar-refractivity contribution in [2.75, 3.05) is 7.05 Å². The van der Waals surface area contributed by atoms with E-state index in [0.29, 0.717) is 5.70 Å². The van der Waals surface area contributed by atoms with E-state index in [4.69, 9.17) is 5.73 Å². The summed E-state index contributed by atoms with van der Waals surface area (Å²) in [5, 5.41) is 13.3. The molecule has 2 heterocycles. The summed E-state index contributed by atoms with van der Waals surface area (Å²) < 4.78 is 2.06. The Bertz CT molecular complexity index is 1400. The Kier molecular flexibility index (Phi) is 7.08. The summed E-state index contributed by atoms with van der Waals surface area (Å²) in [6.07, 6.45) is 7.77. The molecule has 5 heteroatoms. The maximum absolute atomic E-state index is 10.8. The fourth-order valence-electron chi connectivity index (χ4n) is 4.70. The Hall–Kier alpha value is -3.44. The van der Waals surface area contributed by atoms with Gasteiger partial charge in [-0.25, -0.2) is 4.98 Å². The Morgan fingerprint density at radius 2 is 1.89 bits per heavy atom. The molecule has 35 heavy (non-hydrogen) atoms. The number of fused-ring (bicyclic) bond motifs is 2. The highest BCUT2D eigenvalue weighted by molar-refractivity contribution is 5.99. The Morgan fingerprint density at radius 1 is 1.11 bits per heavy atom. The van der Waals surface area contributed by atoms with Crippen LogP contribution in [0.5, 0.6) is 0 Å². The molecule has 5 nitrogen and oxygen atoms in total. The third-order valence-corrected chi connectivity index (χ3v) is 6.83. The average molecular weight is 469 g/mol. The smallest absolute Gasteiger partial charge is 0.136 e. The minimum absolute atomic E-state index is 0.335. The lowest BCUT2D eigenvalue weighted by Gasteiger charge is -2.28. The van der Waals surface area contributed by atoms with Gasteiger partial charge in [0.1, 0.15) is 5.65 Å². The van der Waals surface area contributed by atoms with E-state index in [-0.39, 0.29) is 5.41 Å². The second-order valence-corrected chi connectivity index (χ2v) is 10.3. The Morgan fingerprint density at radius 3 is 2.63 bits per heavy atom. The van der Waals surface area contributed by atoms with Gasteiger partial charge in [-0.15, -0.1) is 0 Å². The van der Waals surface area contributed by atoms with Crippen molar-refractivity contribution in [2.45, 2.75) is 53.1 Å². The fourth-order valence-corrected chi connectivity index (χ4v) is 4.70. The number of imidazole rings is 1. The molecule has 0 bridgehead atoms. The molecule has 182 valence electrons.